The molecule has 26 nitrogen and oxygen atoms in total. The number of hydrogen-bond donors (Lipinski definition) is 0. The van der Waals surface area contributed by atoms with Crippen molar-refractivity contribution in [1.82, 2.24) is 0 Å². The van der Waals surface area contributed by atoms with Gasteiger partial charge in [0.15, 0.2) is 0 Å². The maximum atomic E-state index is 14.6. The Bertz CT molecular complexity index is 5850. The molecule has 0 bridgehead atoms. The number of sulfone groups is 6. The summed E-state index contributed by atoms with van der Waals surface area (Å²) >= 11 is 0. The van der Waals surface area contributed by atoms with Gasteiger partial charge in [0.2, 0.25) is 59.0 Å². The quantitative estimate of drug-likeness (QED) is 0.0253. The van der Waals surface area contributed by atoms with Crippen LogP contribution in [0.25, 0.3) is 0 Å². The number of ether oxygens (including phenoxy) is 6. The third kappa shape index (κ3) is 21.4. The van der Waals surface area contributed by atoms with Gasteiger partial charge in [-0.3, -0.25) is 0 Å². The molecule has 0 aliphatic carbocycles. The molecule has 13 rings (SSSR count). The van der Waals surface area contributed by atoms with E-state index in [1.54, 1.807) is 0 Å². The molecule has 0 spiro atoms. The van der Waals surface area contributed by atoms with Gasteiger partial charge in [0.1, 0.15) is 114 Å². The first-order valence-corrected chi connectivity index (χ1v) is 51.5. The highest BCUT2D eigenvalue weighted by atomic mass is 32.2. The average Bonchev–Trinajstić information content (AvgIpc) is 0.724. The highest BCUT2D eigenvalue weighted by Gasteiger charge is 2.48. The Morgan fingerprint density at radius 1 is 0.198 bits per heavy atom. The fraction of sp³-hybridized carbons (Fsp3) is 0.0659. The Kier molecular flexibility index (Phi) is 28.2. The van der Waals surface area contributed by atoms with Gasteiger partial charge in [0.05, 0.1) is 58.7 Å². The molecule has 0 unspecified atom stereocenters. The van der Waals surface area contributed by atoms with Crippen molar-refractivity contribution < 1.29 is 106 Å². The summed E-state index contributed by atoms with van der Waals surface area (Å²) in [4.78, 5) is -2.32. The van der Waals surface area contributed by atoms with Crippen LogP contribution in [0.4, 0.5) is 0 Å². The third-order valence-corrected chi connectivity index (χ3v) is 37.6. The van der Waals surface area contributed by atoms with Gasteiger partial charge in [-0.25, -0.2) is 50.5 Å². The summed E-state index contributed by atoms with van der Waals surface area (Å²) in [6, 6.07) is 63.6. The van der Waals surface area contributed by atoms with E-state index < -0.39 is 81.7 Å². The van der Waals surface area contributed by atoms with Crippen molar-refractivity contribution in [2.75, 3.05) is 39.6 Å². The van der Waals surface area contributed by atoms with Crippen molar-refractivity contribution in [3.63, 3.8) is 0 Å². The van der Waals surface area contributed by atoms with Crippen LogP contribution < -0.4 is 55.6 Å². The molecular weight excluding hydrogens is 1790 g/mol. The summed E-state index contributed by atoms with van der Waals surface area (Å²) < 4.78 is 263. The molecule has 0 aromatic heterocycles. The first-order chi connectivity index (χ1) is 60.4. The summed E-state index contributed by atoms with van der Waals surface area (Å²) in [6.45, 7) is 22.8. The van der Waals surface area contributed by atoms with Gasteiger partial charge in [0, 0.05) is 0 Å². The lowest BCUT2D eigenvalue weighted by molar-refractivity contribution is 0.363. The van der Waals surface area contributed by atoms with E-state index >= 15 is 0 Å². The molecule has 0 amide bonds. The van der Waals surface area contributed by atoms with Gasteiger partial charge in [-0.2, -0.15) is 0 Å². The molecule has 1 heterocycles. The van der Waals surface area contributed by atoms with Gasteiger partial charge in [-0.1, -0.05) is 75.9 Å². The van der Waals surface area contributed by atoms with Crippen LogP contribution in [0, 0.1) is 0 Å². The third-order valence-electron chi connectivity index (χ3n) is 18.0. The van der Waals surface area contributed by atoms with Crippen molar-refractivity contribution in [1.29, 1.82) is 0 Å². The van der Waals surface area contributed by atoms with Crippen LogP contribution in [0.15, 0.2) is 435 Å². The minimum absolute atomic E-state index is 0.133. The van der Waals surface area contributed by atoms with E-state index in [1.165, 1.54) is 333 Å². The molecule has 0 radical (unpaired) electrons. The molecule has 1 aliphatic rings. The Hall–Kier alpha value is -12.9. The van der Waals surface area contributed by atoms with Crippen LogP contribution >= 0.6 is 22.7 Å². The first kappa shape index (κ1) is 90.9. The van der Waals surface area contributed by atoms with E-state index in [0.717, 1.165) is 0 Å². The van der Waals surface area contributed by atoms with Gasteiger partial charge in [-0.15, -0.1) is 9.03 Å². The van der Waals surface area contributed by atoms with Crippen LogP contribution in [0.3, 0.4) is 0 Å². The molecule has 12 aromatic carbocycles. The Labute approximate surface area is 731 Å². The Morgan fingerprint density at radius 2 is 0.341 bits per heavy atom. The van der Waals surface area contributed by atoms with Crippen molar-refractivity contribution >= 4 is 87.2 Å². The minimum Gasteiger partial charge on any atom is -0.490 e. The van der Waals surface area contributed by atoms with Crippen molar-refractivity contribution in [2.45, 2.75) is 58.7 Å². The average molecular weight is 1870 g/mol. The summed E-state index contributed by atoms with van der Waals surface area (Å²) in [6.07, 6.45) is 9.13. The van der Waals surface area contributed by atoms with E-state index in [4.69, 9.17) is 64.6 Å². The lowest BCUT2D eigenvalue weighted by Crippen LogP contribution is -2.14. The van der Waals surface area contributed by atoms with E-state index in [9.17, 15) is 50.5 Å². The molecule has 0 N–H and O–H groups in total. The van der Waals surface area contributed by atoms with Crippen molar-refractivity contribution in [3.8, 4) is 69.0 Å². The lowest BCUT2D eigenvalue weighted by atomic mass is 10.3. The molecule has 126 heavy (non-hydrogen) atoms. The first-order valence-electron chi connectivity index (χ1n) is 37.8. The second-order valence-electron chi connectivity index (χ2n) is 26.7. The van der Waals surface area contributed by atoms with Crippen molar-refractivity contribution in [2.24, 2.45) is 9.03 Å². The summed E-state index contributed by atoms with van der Waals surface area (Å²) in [5.74, 6) is 0.740. The molecule has 35 heteroatoms. The Morgan fingerprint density at radius 3 is 0.500 bits per heavy atom. The fourth-order valence-corrected chi connectivity index (χ4v) is 29.6. The van der Waals surface area contributed by atoms with E-state index in [2.05, 4.69) is 39.5 Å². The lowest BCUT2D eigenvalue weighted by Gasteiger charge is -2.34. The minimum atomic E-state index is -5.20. The number of rotatable bonds is 42. The smallest absolute Gasteiger partial charge is 0.458 e. The van der Waals surface area contributed by atoms with Crippen LogP contribution in [0.5, 0.6) is 69.0 Å². The molecule has 12 aromatic rings. The maximum Gasteiger partial charge on any atom is 0.458 e. The normalized spacial score (nSPS) is 13.4. The predicted molar refractivity (Wildman–Crippen MR) is 480 cm³/mol. The highest BCUT2D eigenvalue weighted by Crippen LogP contribution is 2.76. The predicted octanol–water partition coefficient (Wildman–Crippen LogP) is 20.4. The Balaban J connectivity index is 1.06. The molecule has 648 valence electrons. The largest absolute Gasteiger partial charge is 0.490 e. The molecule has 1 aliphatic heterocycles. The number of benzene rings is 12. The second-order valence-corrected chi connectivity index (χ2v) is 45.1. The maximum absolute atomic E-state index is 14.6. The zero-order valence-corrected chi connectivity index (χ0v) is 74.3. The van der Waals surface area contributed by atoms with Gasteiger partial charge >= 0.3 is 22.7 Å². The molecule has 0 fully saturated rings. The summed E-state index contributed by atoms with van der Waals surface area (Å²) in [5.41, 5.74) is 1.21. The SMILES string of the molecule is C=CCOc1ccc(S(=O)(=O)c2ccc(OP3(Oc4ccc(S(=O)(=O)c5ccc(OCC=C)cc5)cc4)=CP(Oc4ccc(S(=O)(=O)c5ccc(OCC=C)cc5)cc4)(Oc4ccc(S(=O)(=O)c5ccc(OCC=C)cc5)cc4)=NP(Oc4ccc(S(=O)(=O)c5ccc(OCC=C)cc5)cc4)(Oc4ccc(S(=O)(=O)c5ccc(OCC=C)cc5)cc4)=N3)cc2)cc1. The molecular formula is C91H79N2O24P3S6. The van der Waals surface area contributed by atoms with Gasteiger partial charge < -0.3 is 55.6 Å². The van der Waals surface area contributed by atoms with Crippen LogP contribution in [-0.2, 0) is 59.0 Å². The van der Waals surface area contributed by atoms with Gasteiger partial charge in [0.25, 0.3) is 0 Å². The standard InChI is InChI=1S/C91H79N2O24P3S6/c1-7-61-106-68-13-37-80(38-14-68)121(94,95)86-49-25-74(26-50-86)112-118(113-75-27-51-87(52-28-75)122(96,97)81-39-15-69(16-40-81)107-62-8-2)67-119(114-76-29-53-88(54-30-76)123(98,99)82-41-17-70(18-42-82)108-63-9-3,115-77-31-55-89(56-32-77)124(100,101)83-43-19-71(20-44-83)109-64-10-4)93-120(92-118,116-78-33-57-90(58-34-78)125(102,103)84-45-21-72(22-46-84)110-65-11-5)117-79-35-59-91(60-36-79)126(104,105)85-47-23-73(24-48-85)111-66-12-6/h7-60,67H,1-6,61-66H2. The molecule has 0 atom stereocenters. The fourth-order valence-electron chi connectivity index (χ4n) is 11.9. The zero-order valence-electron chi connectivity index (χ0n) is 66.7. The van der Waals surface area contributed by atoms with Crippen LogP contribution in [0.2, 0.25) is 0 Å². The monoisotopic (exact) mass is 1870 g/mol. The molecule has 0 saturated carbocycles. The van der Waals surface area contributed by atoms with E-state index in [0.29, 0.717) is 34.5 Å². The zero-order chi connectivity index (χ0) is 89.4. The number of nitrogens with zero attached hydrogens (tertiary/aromatic N) is 2. The highest BCUT2D eigenvalue weighted by molar-refractivity contribution is 7.95. The van der Waals surface area contributed by atoms with Crippen molar-refractivity contribution in [3.05, 3.63) is 367 Å². The summed E-state index contributed by atoms with van der Waals surface area (Å²) in [5, 5.41) is 0. The molecule has 0 saturated heterocycles. The van der Waals surface area contributed by atoms with Crippen LogP contribution in [-0.4, -0.2) is 95.7 Å². The van der Waals surface area contributed by atoms with E-state index in [1.807, 2.05) is 0 Å². The van der Waals surface area contributed by atoms with Gasteiger partial charge in [-0.05, 0) is 291 Å². The summed E-state index contributed by atoms with van der Waals surface area (Å²) in [7, 11) is -41.4. The second kappa shape index (κ2) is 39.1. The van der Waals surface area contributed by atoms with E-state index in [-0.39, 0.29) is 133 Å². The topological polar surface area (TPSA) is 340 Å². The van der Waals surface area contributed by atoms with Crippen LogP contribution in [0.1, 0.15) is 0 Å². The number of hydrogen-bond acceptors (Lipinski definition) is 26.